The van der Waals surface area contributed by atoms with E-state index in [1.807, 2.05) is 4.68 Å². The van der Waals surface area contributed by atoms with E-state index in [4.69, 9.17) is 10.8 Å². The molecule has 4 fully saturated rings. The van der Waals surface area contributed by atoms with Gasteiger partial charge in [0.1, 0.15) is 5.56 Å². The number of nitrogen functional groups attached to an aromatic ring is 1. The third-order valence-corrected chi connectivity index (χ3v) is 5.47. The van der Waals surface area contributed by atoms with E-state index in [2.05, 4.69) is 5.10 Å². The lowest BCUT2D eigenvalue weighted by molar-refractivity contribution is -0.0492. The Morgan fingerprint density at radius 2 is 1.79 bits per heavy atom. The van der Waals surface area contributed by atoms with E-state index in [0.717, 1.165) is 37.0 Å². The predicted molar refractivity (Wildman–Crippen MR) is 69.7 cm³/mol. The number of carboxylic acids is 1. The minimum atomic E-state index is -0.978. The summed E-state index contributed by atoms with van der Waals surface area (Å²) in [5.41, 5.74) is 5.95. The van der Waals surface area contributed by atoms with Crippen LogP contribution in [0.25, 0.3) is 0 Å². The van der Waals surface area contributed by atoms with Crippen LogP contribution in [-0.4, -0.2) is 20.9 Å². The number of nitrogens with two attached hydrogens (primary N) is 1. The highest BCUT2D eigenvalue weighted by Crippen LogP contribution is 2.58. The monoisotopic (exact) mass is 261 g/mol. The molecule has 3 N–H and O–H groups in total. The smallest absolute Gasteiger partial charge is 0.341 e. The number of nitrogens with zero attached hydrogens (tertiary/aromatic N) is 2. The average Bonchev–Trinajstić information content (AvgIpc) is 2.70. The zero-order valence-electron chi connectivity index (χ0n) is 10.9. The molecule has 5 heteroatoms. The highest BCUT2D eigenvalue weighted by Gasteiger charge is 2.52. The van der Waals surface area contributed by atoms with Crippen LogP contribution in [0, 0.1) is 17.8 Å². The molecule has 5 rings (SSSR count). The molecular weight excluding hydrogens is 242 g/mol. The first-order valence-corrected chi connectivity index (χ1v) is 7.15. The van der Waals surface area contributed by atoms with E-state index in [-0.39, 0.29) is 16.9 Å². The van der Waals surface area contributed by atoms with Crippen LogP contribution in [0.5, 0.6) is 0 Å². The number of hydrogen-bond donors (Lipinski definition) is 2. The quantitative estimate of drug-likeness (QED) is 0.854. The molecule has 0 saturated heterocycles. The summed E-state index contributed by atoms with van der Waals surface area (Å²) in [6.45, 7) is 0. The highest BCUT2D eigenvalue weighted by atomic mass is 16.4. The Hall–Kier alpha value is -1.52. The van der Waals surface area contributed by atoms with E-state index >= 15 is 0 Å². The van der Waals surface area contributed by atoms with Gasteiger partial charge in [-0.05, 0) is 56.3 Å². The first-order chi connectivity index (χ1) is 9.06. The van der Waals surface area contributed by atoms with Gasteiger partial charge < -0.3 is 10.8 Å². The van der Waals surface area contributed by atoms with Crippen LogP contribution in [0.3, 0.4) is 0 Å². The summed E-state index contributed by atoms with van der Waals surface area (Å²) in [7, 11) is 0. The fourth-order valence-corrected chi connectivity index (χ4v) is 5.14. The Morgan fingerprint density at radius 1 is 1.26 bits per heavy atom. The molecular formula is C14H19N3O2. The van der Waals surface area contributed by atoms with Crippen molar-refractivity contribution < 1.29 is 9.90 Å². The molecule has 0 radical (unpaired) electrons. The number of carboxylic acid groups (broad SMARTS) is 1. The van der Waals surface area contributed by atoms with E-state index in [1.165, 1.54) is 19.3 Å². The molecule has 1 aromatic heterocycles. The van der Waals surface area contributed by atoms with Gasteiger partial charge in [0.2, 0.25) is 0 Å². The maximum Gasteiger partial charge on any atom is 0.341 e. The van der Waals surface area contributed by atoms with Gasteiger partial charge in [-0.1, -0.05) is 0 Å². The fraction of sp³-hybridized carbons (Fsp3) is 0.714. The van der Waals surface area contributed by atoms with Crippen molar-refractivity contribution in [2.45, 2.75) is 44.1 Å². The Balaban J connectivity index is 1.75. The topological polar surface area (TPSA) is 81.1 Å². The zero-order valence-corrected chi connectivity index (χ0v) is 10.9. The van der Waals surface area contributed by atoms with E-state index < -0.39 is 5.97 Å². The fourth-order valence-electron chi connectivity index (χ4n) is 5.14. The van der Waals surface area contributed by atoms with Crippen LogP contribution >= 0.6 is 0 Å². The standard InChI is InChI=1S/C14H19N3O2/c15-12-11(13(18)19)7-17(16-12)14-4-8-1-9(5-14)3-10(2-8)6-14/h7-10H,1-6H2,(H2,15,16)(H,18,19). The zero-order chi connectivity index (χ0) is 13.2. The molecule has 102 valence electrons. The Bertz CT molecular complexity index is 514. The average molecular weight is 261 g/mol. The van der Waals surface area contributed by atoms with Crippen LogP contribution in [0.1, 0.15) is 48.9 Å². The summed E-state index contributed by atoms with van der Waals surface area (Å²) in [5.74, 6) is 1.61. The molecule has 5 nitrogen and oxygen atoms in total. The summed E-state index contributed by atoms with van der Waals surface area (Å²) < 4.78 is 1.90. The molecule has 1 aromatic rings. The van der Waals surface area contributed by atoms with Crippen molar-refractivity contribution in [3.8, 4) is 0 Å². The highest BCUT2D eigenvalue weighted by molar-refractivity contribution is 5.92. The van der Waals surface area contributed by atoms with Gasteiger partial charge in [0.25, 0.3) is 0 Å². The van der Waals surface area contributed by atoms with Crippen molar-refractivity contribution in [1.29, 1.82) is 0 Å². The molecule has 19 heavy (non-hydrogen) atoms. The van der Waals surface area contributed by atoms with Crippen LogP contribution in [0.4, 0.5) is 5.82 Å². The van der Waals surface area contributed by atoms with Gasteiger partial charge in [0.15, 0.2) is 5.82 Å². The number of anilines is 1. The van der Waals surface area contributed by atoms with Gasteiger partial charge in [-0.15, -0.1) is 0 Å². The summed E-state index contributed by atoms with van der Waals surface area (Å²) >= 11 is 0. The van der Waals surface area contributed by atoms with Crippen LogP contribution in [-0.2, 0) is 5.54 Å². The minimum absolute atomic E-state index is 0.0522. The first kappa shape index (κ1) is 11.3. The van der Waals surface area contributed by atoms with Gasteiger partial charge in [-0.2, -0.15) is 5.10 Å². The molecule has 0 atom stereocenters. The third kappa shape index (κ3) is 1.53. The third-order valence-electron chi connectivity index (χ3n) is 5.47. The van der Waals surface area contributed by atoms with Gasteiger partial charge >= 0.3 is 5.97 Å². The second-order valence-corrected chi connectivity index (χ2v) is 6.82. The molecule has 0 aliphatic heterocycles. The Morgan fingerprint density at radius 3 is 2.21 bits per heavy atom. The van der Waals surface area contributed by atoms with Gasteiger partial charge in [-0.3, -0.25) is 4.68 Å². The molecule has 4 aliphatic carbocycles. The largest absolute Gasteiger partial charge is 0.477 e. The second kappa shape index (κ2) is 3.52. The maximum atomic E-state index is 11.1. The van der Waals surface area contributed by atoms with Crippen molar-refractivity contribution in [3.63, 3.8) is 0 Å². The lowest BCUT2D eigenvalue weighted by Crippen LogP contribution is -2.52. The number of rotatable bonds is 2. The Kier molecular flexibility index (Phi) is 2.10. The SMILES string of the molecule is Nc1nn(C23CC4CC(CC(C4)C2)C3)cc1C(=O)O. The normalized spacial score (nSPS) is 39.7. The van der Waals surface area contributed by atoms with E-state index in [1.54, 1.807) is 6.20 Å². The number of hydrogen-bond acceptors (Lipinski definition) is 3. The molecule has 1 heterocycles. The molecule has 0 amide bonds. The van der Waals surface area contributed by atoms with Crippen molar-refractivity contribution in [1.82, 2.24) is 9.78 Å². The minimum Gasteiger partial charge on any atom is -0.477 e. The molecule has 0 aromatic carbocycles. The number of carbonyl (C=O) groups is 1. The van der Waals surface area contributed by atoms with Crippen LogP contribution < -0.4 is 5.73 Å². The number of aromatic carboxylic acids is 1. The summed E-state index contributed by atoms with van der Waals surface area (Å²) in [4.78, 5) is 11.1. The van der Waals surface area contributed by atoms with Crippen LogP contribution in [0.15, 0.2) is 6.20 Å². The Labute approximate surface area is 111 Å². The maximum absolute atomic E-state index is 11.1. The lowest BCUT2D eigenvalue weighted by atomic mass is 9.53. The molecule has 4 saturated carbocycles. The second-order valence-electron chi connectivity index (χ2n) is 6.82. The van der Waals surface area contributed by atoms with Gasteiger partial charge in [0.05, 0.1) is 5.54 Å². The molecule has 0 spiro atoms. The first-order valence-electron chi connectivity index (χ1n) is 7.15. The van der Waals surface area contributed by atoms with Crippen molar-refractivity contribution in [2.24, 2.45) is 17.8 Å². The summed E-state index contributed by atoms with van der Waals surface area (Å²) in [5, 5.41) is 13.5. The van der Waals surface area contributed by atoms with Gasteiger partial charge in [-0.25, -0.2) is 4.79 Å². The predicted octanol–water partition coefficient (Wildman–Crippen LogP) is 2.09. The van der Waals surface area contributed by atoms with E-state index in [0.29, 0.717) is 0 Å². The summed E-state index contributed by atoms with van der Waals surface area (Å²) in [6, 6.07) is 0. The van der Waals surface area contributed by atoms with Gasteiger partial charge in [0, 0.05) is 6.20 Å². The van der Waals surface area contributed by atoms with Crippen molar-refractivity contribution >= 4 is 11.8 Å². The van der Waals surface area contributed by atoms with E-state index in [9.17, 15) is 4.79 Å². The molecule has 0 unspecified atom stereocenters. The lowest BCUT2D eigenvalue weighted by Gasteiger charge is -2.56. The van der Waals surface area contributed by atoms with Crippen molar-refractivity contribution in [2.75, 3.05) is 5.73 Å². The molecule has 4 bridgehead atoms. The molecule has 4 aliphatic rings. The number of aromatic nitrogens is 2. The van der Waals surface area contributed by atoms with Crippen molar-refractivity contribution in [3.05, 3.63) is 11.8 Å². The van der Waals surface area contributed by atoms with Crippen LogP contribution in [0.2, 0.25) is 0 Å². The summed E-state index contributed by atoms with van der Waals surface area (Å²) in [6.07, 6.45) is 9.20.